The number of carbonyl (C=O) groups is 1. The highest BCUT2D eigenvalue weighted by Crippen LogP contribution is 2.23. The van der Waals surface area contributed by atoms with Crippen LogP contribution in [0.2, 0.25) is 0 Å². The average Bonchev–Trinajstić information content (AvgIpc) is 2.28. The third-order valence-electron chi connectivity index (χ3n) is 3.21. The first-order valence-corrected chi connectivity index (χ1v) is 5.84. The predicted molar refractivity (Wildman–Crippen MR) is 70.3 cm³/mol. The van der Waals surface area contributed by atoms with Crippen molar-refractivity contribution in [3.05, 3.63) is 29.8 Å². The van der Waals surface area contributed by atoms with Gasteiger partial charge in [0, 0.05) is 11.7 Å². The zero-order chi connectivity index (χ0) is 13.0. The standard InChI is InChI=1S/C13H21N3O/c1-4-12(13(15)17)16(3)9(2)10-6-5-7-11(14)8-10/h5-9,12H,4,14H2,1-3H3,(H2,15,17). The van der Waals surface area contributed by atoms with Gasteiger partial charge in [0.2, 0.25) is 5.91 Å². The van der Waals surface area contributed by atoms with E-state index in [1.807, 2.05) is 50.1 Å². The fourth-order valence-electron chi connectivity index (χ4n) is 2.01. The minimum absolute atomic E-state index is 0.107. The van der Waals surface area contributed by atoms with E-state index in [9.17, 15) is 4.79 Å². The first-order chi connectivity index (χ1) is 7.97. The number of rotatable bonds is 5. The third-order valence-corrected chi connectivity index (χ3v) is 3.21. The highest BCUT2D eigenvalue weighted by Gasteiger charge is 2.23. The average molecular weight is 235 g/mol. The molecule has 4 nitrogen and oxygen atoms in total. The number of amides is 1. The lowest BCUT2D eigenvalue weighted by Crippen LogP contribution is -2.43. The number of carbonyl (C=O) groups excluding carboxylic acids is 1. The van der Waals surface area contributed by atoms with Gasteiger partial charge in [0.15, 0.2) is 0 Å². The second-order valence-electron chi connectivity index (χ2n) is 4.34. The molecule has 0 aliphatic rings. The summed E-state index contributed by atoms with van der Waals surface area (Å²) in [4.78, 5) is 13.3. The first kappa shape index (κ1) is 13.5. The number of benzene rings is 1. The molecule has 0 saturated heterocycles. The highest BCUT2D eigenvalue weighted by molar-refractivity contribution is 5.79. The molecule has 17 heavy (non-hydrogen) atoms. The molecule has 0 aromatic heterocycles. The van der Waals surface area contributed by atoms with E-state index in [0.29, 0.717) is 6.42 Å². The Kier molecular flexibility index (Phi) is 4.52. The summed E-state index contributed by atoms with van der Waals surface area (Å²) in [5.74, 6) is -0.286. The van der Waals surface area contributed by atoms with E-state index in [4.69, 9.17) is 11.5 Å². The Labute approximate surface area is 103 Å². The fourth-order valence-corrected chi connectivity index (χ4v) is 2.01. The maximum atomic E-state index is 11.3. The van der Waals surface area contributed by atoms with Crippen molar-refractivity contribution >= 4 is 11.6 Å². The Morgan fingerprint density at radius 2 is 2.12 bits per heavy atom. The Morgan fingerprint density at radius 1 is 1.47 bits per heavy atom. The van der Waals surface area contributed by atoms with Gasteiger partial charge in [-0.05, 0) is 38.1 Å². The highest BCUT2D eigenvalue weighted by atomic mass is 16.1. The van der Waals surface area contributed by atoms with Crippen molar-refractivity contribution in [3.63, 3.8) is 0 Å². The number of hydrogen-bond acceptors (Lipinski definition) is 3. The van der Waals surface area contributed by atoms with Gasteiger partial charge in [-0.1, -0.05) is 19.1 Å². The van der Waals surface area contributed by atoms with Crippen molar-refractivity contribution in [1.82, 2.24) is 4.90 Å². The van der Waals surface area contributed by atoms with Crippen LogP contribution in [0.5, 0.6) is 0 Å². The maximum Gasteiger partial charge on any atom is 0.234 e. The summed E-state index contributed by atoms with van der Waals surface area (Å²) in [6, 6.07) is 7.56. The molecule has 1 aromatic rings. The van der Waals surface area contributed by atoms with Crippen molar-refractivity contribution in [2.24, 2.45) is 5.73 Å². The SMILES string of the molecule is CCC(C(N)=O)N(C)C(C)c1cccc(N)c1. The number of nitrogens with two attached hydrogens (primary N) is 2. The second kappa shape index (κ2) is 5.68. The van der Waals surface area contributed by atoms with Crippen LogP contribution in [-0.4, -0.2) is 23.9 Å². The van der Waals surface area contributed by atoms with Gasteiger partial charge in [-0.2, -0.15) is 0 Å². The lowest BCUT2D eigenvalue weighted by Gasteiger charge is -2.30. The quantitative estimate of drug-likeness (QED) is 0.760. The molecule has 4 N–H and O–H groups in total. The van der Waals surface area contributed by atoms with Crippen LogP contribution >= 0.6 is 0 Å². The number of anilines is 1. The summed E-state index contributed by atoms with van der Waals surface area (Å²) in [5.41, 5.74) is 13.0. The van der Waals surface area contributed by atoms with Gasteiger partial charge in [0.25, 0.3) is 0 Å². The zero-order valence-electron chi connectivity index (χ0n) is 10.7. The molecule has 1 rings (SSSR count). The molecule has 94 valence electrons. The topological polar surface area (TPSA) is 72.4 Å². The molecule has 0 spiro atoms. The van der Waals surface area contributed by atoms with Crippen LogP contribution in [0.15, 0.2) is 24.3 Å². The van der Waals surface area contributed by atoms with E-state index >= 15 is 0 Å². The molecule has 2 unspecified atom stereocenters. The largest absolute Gasteiger partial charge is 0.399 e. The second-order valence-corrected chi connectivity index (χ2v) is 4.34. The molecule has 0 saturated carbocycles. The molecule has 0 radical (unpaired) electrons. The number of likely N-dealkylation sites (N-methyl/N-ethyl adjacent to an activating group) is 1. The van der Waals surface area contributed by atoms with Crippen molar-refractivity contribution in [1.29, 1.82) is 0 Å². The van der Waals surface area contributed by atoms with Gasteiger partial charge in [-0.3, -0.25) is 9.69 Å². The maximum absolute atomic E-state index is 11.3. The molecule has 1 aromatic carbocycles. The van der Waals surface area contributed by atoms with Gasteiger partial charge in [0.05, 0.1) is 6.04 Å². The number of nitrogen functional groups attached to an aromatic ring is 1. The molecule has 1 amide bonds. The number of nitrogens with zero attached hydrogens (tertiary/aromatic N) is 1. The molecule has 0 aliphatic carbocycles. The summed E-state index contributed by atoms with van der Waals surface area (Å²) < 4.78 is 0. The lowest BCUT2D eigenvalue weighted by atomic mass is 10.0. The summed E-state index contributed by atoms with van der Waals surface area (Å²) in [6.45, 7) is 4.00. The zero-order valence-corrected chi connectivity index (χ0v) is 10.7. The van der Waals surface area contributed by atoms with Crippen molar-refractivity contribution in [2.75, 3.05) is 12.8 Å². The normalized spacial score (nSPS) is 14.6. The molecule has 2 atom stereocenters. The summed E-state index contributed by atoms with van der Waals surface area (Å²) in [6.07, 6.45) is 0.707. The minimum Gasteiger partial charge on any atom is -0.399 e. The first-order valence-electron chi connectivity index (χ1n) is 5.84. The van der Waals surface area contributed by atoms with E-state index in [1.165, 1.54) is 0 Å². The van der Waals surface area contributed by atoms with Crippen LogP contribution in [0.1, 0.15) is 31.9 Å². The van der Waals surface area contributed by atoms with Gasteiger partial charge >= 0.3 is 0 Å². The van der Waals surface area contributed by atoms with Crippen LogP contribution in [0.3, 0.4) is 0 Å². The predicted octanol–water partition coefficient (Wildman–Crippen LogP) is 1.53. The summed E-state index contributed by atoms with van der Waals surface area (Å²) in [5, 5.41) is 0. The van der Waals surface area contributed by atoms with Crippen LogP contribution in [0, 0.1) is 0 Å². The van der Waals surface area contributed by atoms with Crippen LogP contribution < -0.4 is 11.5 Å². The molecule has 0 bridgehead atoms. The smallest absolute Gasteiger partial charge is 0.234 e. The van der Waals surface area contributed by atoms with Crippen molar-refractivity contribution in [3.8, 4) is 0 Å². The minimum atomic E-state index is -0.286. The van der Waals surface area contributed by atoms with Crippen LogP contribution in [0.4, 0.5) is 5.69 Å². The monoisotopic (exact) mass is 235 g/mol. The summed E-state index contributed by atoms with van der Waals surface area (Å²) >= 11 is 0. The molecule has 4 heteroatoms. The van der Waals surface area contributed by atoms with Gasteiger partial charge in [-0.25, -0.2) is 0 Å². The van der Waals surface area contributed by atoms with Gasteiger partial charge < -0.3 is 11.5 Å². The Hall–Kier alpha value is -1.55. The van der Waals surface area contributed by atoms with Crippen molar-refractivity contribution < 1.29 is 4.79 Å². The van der Waals surface area contributed by atoms with Gasteiger partial charge in [0.1, 0.15) is 0 Å². The molecular formula is C13H21N3O. The Balaban J connectivity index is 2.88. The van der Waals surface area contributed by atoms with Crippen LogP contribution in [-0.2, 0) is 4.79 Å². The fraction of sp³-hybridized carbons (Fsp3) is 0.462. The number of primary amides is 1. The van der Waals surface area contributed by atoms with E-state index in [2.05, 4.69) is 0 Å². The molecule has 0 fully saturated rings. The summed E-state index contributed by atoms with van der Waals surface area (Å²) in [7, 11) is 1.91. The molecular weight excluding hydrogens is 214 g/mol. The Morgan fingerprint density at radius 3 is 2.59 bits per heavy atom. The van der Waals surface area contributed by atoms with Crippen LogP contribution in [0.25, 0.3) is 0 Å². The third kappa shape index (κ3) is 3.20. The lowest BCUT2D eigenvalue weighted by molar-refractivity contribution is -0.123. The van der Waals surface area contributed by atoms with Crippen molar-refractivity contribution in [2.45, 2.75) is 32.4 Å². The van der Waals surface area contributed by atoms with E-state index < -0.39 is 0 Å². The van der Waals surface area contributed by atoms with Gasteiger partial charge in [-0.15, -0.1) is 0 Å². The van der Waals surface area contributed by atoms with E-state index in [-0.39, 0.29) is 18.0 Å². The number of hydrogen-bond donors (Lipinski definition) is 2. The Bertz CT molecular complexity index is 392. The molecule has 0 heterocycles. The van der Waals surface area contributed by atoms with E-state index in [1.54, 1.807) is 0 Å². The molecule has 0 aliphatic heterocycles. The van der Waals surface area contributed by atoms with E-state index in [0.717, 1.165) is 11.3 Å².